The van der Waals surface area contributed by atoms with Crippen LogP contribution in [-0.2, 0) is 6.54 Å². The molecule has 2 N–H and O–H groups in total. The summed E-state index contributed by atoms with van der Waals surface area (Å²) in [6, 6.07) is 7.10. The first-order valence-electron chi connectivity index (χ1n) is 6.13. The predicted molar refractivity (Wildman–Crippen MR) is 73.0 cm³/mol. The largest absolute Gasteiger partial charge is 0.399 e. The maximum absolute atomic E-state index is 13.7. The Balaban J connectivity index is 2.17. The van der Waals surface area contributed by atoms with Crippen LogP contribution in [0.5, 0.6) is 0 Å². The van der Waals surface area contributed by atoms with Crippen LogP contribution in [0.2, 0.25) is 0 Å². The van der Waals surface area contributed by atoms with E-state index in [0.29, 0.717) is 5.56 Å². The molecule has 0 aliphatic carbocycles. The molecular weight excluding hydrogens is 281 g/mol. The van der Waals surface area contributed by atoms with Crippen molar-refractivity contribution in [2.45, 2.75) is 6.54 Å². The quantitative estimate of drug-likeness (QED) is 0.885. The maximum atomic E-state index is 13.7. The Hall–Kier alpha value is -2.50. The minimum Gasteiger partial charge on any atom is -0.399 e. The molecule has 0 saturated heterocycles. The normalized spacial score (nSPS) is 10.5. The fourth-order valence-corrected chi connectivity index (χ4v) is 1.89. The van der Waals surface area contributed by atoms with Crippen LogP contribution in [0.25, 0.3) is 0 Å². The second-order valence-electron chi connectivity index (χ2n) is 4.65. The molecule has 0 saturated carbocycles. The number of hydrogen-bond acceptors (Lipinski definition) is 2. The zero-order valence-corrected chi connectivity index (χ0v) is 11.2. The summed E-state index contributed by atoms with van der Waals surface area (Å²) < 4.78 is 39.6. The molecule has 0 bridgehead atoms. The highest BCUT2D eigenvalue weighted by Gasteiger charge is 2.17. The zero-order chi connectivity index (χ0) is 15.6. The van der Waals surface area contributed by atoms with Gasteiger partial charge in [-0.2, -0.15) is 0 Å². The summed E-state index contributed by atoms with van der Waals surface area (Å²) >= 11 is 0. The lowest BCUT2D eigenvalue weighted by molar-refractivity contribution is 0.0780. The first-order chi connectivity index (χ1) is 9.88. The predicted octanol–water partition coefficient (Wildman–Crippen LogP) is 2.96. The maximum Gasteiger partial charge on any atom is 0.256 e. The van der Waals surface area contributed by atoms with Gasteiger partial charge in [0.1, 0.15) is 5.82 Å². The molecule has 2 aromatic rings. The molecule has 0 aliphatic rings. The van der Waals surface area contributed by atoms with Crippen molar-refractivity contribution < 1.29 is 18.0 Å². The summed E-state index contributed by atoms with van der Waals surface area (Å²) in [5, 5.41) is 0. The van der Waals surface area contributed by atoms with Crippen LogP contribution in [0, 0.1) is 17.5 Å². The van der Waals surface area contributed by atoms with Crippen LogP contribution < -0.4 is 5.73 Å². The van der Waals surface area contributed by atoms with Crippen molar-refractivity contribution in [3.8, 4) is 0 Å². The smallest absolute Gasteiger partial charge is 0.256 e. The van der Waals surface area contributed by atoms with Gasteiger partial charge in [-0.25, -0.2) is 13.2 Å². The van der Waals surface area contributed by atoms with Gasteiger partial charge >= 0.3 is 0 Å². The highest BCUT2D eigenvalue weighted by atomic mass is 19.2. The van der Waals surface area contributed by atoms with Crippen LogP contribution in [0.3, 0.4) is 0 Å². The van der Waals surface area contributed by atoms with Crippen molar-refractivity contribution >= 4 is 11.6 Å². The number of nitrogen functional groups attached to an aromatic ring is 1. The van der Waals surface area contributed by atoms with Crippen LogP contribution in [0.4, 0.5) is 18.9 Å². The number of nitrogens with zero attached hydrogens (tertiary/aromatic N) is 1. The van der Waals surface area contributed by atoms with Gasteiger partial charge in [0, 0.05) is 19.3 Å². The Morgan fingerprint density at radius 3 is 2.38 bits per heavy atom. The molecule has 1 amide bonds. The molecule has 0 fully saturated rings. The number of carbonyl (C=O) groups is 1. The van der Waals surface area contributed by atoms with Gasteiger partial charge < -0.3 is 10.6 Å². The number of nitrogens with two attached hydrogens (primary N) is 1. The van der Waals surface area contributed by atoms with E-state index in [9.17, 15) is 18.0 Å². The highest BCUT2D eigenvalue weighted by Crippen LogP contribution is 2.16. The van der Waals surface area contributed by atoms with Gasteiger partial charge in [-0.05, 0) is 35.9 Å². The minimum atomic E-state index is -0.994. The van der Waals surface area contributed by atoms with Crippen molar-refractivity contribution in [3.63, 3.8) is 0 Å². The van der Waals surface area contributed by atoms with E-state index < -0.39 is 23.4 Å². The van der Waals surface area contributed by atoms with Gasteiger partial charge in [0.25, 0.3) is 5.91 Å². The monoisotopic (exact) mass is 294 g/mol. The van der Waals surface area contributed by atoms with E-state index in [-0.39, 0.29) is 17.8 Å². The molecule has 110 valence electrons. The second kappa shape index (κ2) is 5.87. The number of benzene rings is 2. The average Bonchev–Trinajstić information content (AvgIpc) is 2.42. The number of hydrogen-bond donors (Lipinski definition) is 1. The van der Waals surface area contributed by atoms with Gasteiger partial charge in [0.2, 0.25) is 0 Å². The molecule has 3 nitrogen and oxygen atoms in total. The van der Waals surface area contributed by atoms with Crippen LogP contribution >= 0.6 is 0 Å². The summed E-state index contributed by atoms with van der Waals surface area (Å²) in [5.74, 6) is -3.25. The lowest BCUT2D eigenvalue weighted by atomic mass is 10.1. The molecule has 2 aromatic carbocycles. The number of amides is 1. The third kappa shape index (κ3) is 3.34. The number of rotatable bonds is 3. The topological polar surface area (TPSA) is 46.3 Å². The first kappa shape index (κ1) is 14.9. The molecule has 0 unspecified atom stereocenters. The molecule has 21 heavy (non-hydrogen) atoms. The molecule has 6 heteroatoms. The van der Waals surface area contributed by atoms with Gasteiger partial charge in [-0.1, -0.05) is 6.07 Å². The summed E-state index contributed by atoms with van der Waals surface area (Å²) in [7, 11) is 1.44. The van der Waals surface area contributed by atoms with E-state index in [1.807, 2.05) is 0 Å². The number of halogens is 3. The zero-order valence-electron chi connectivity index (χ0n) is 11.2. The van der Waals surface area contributed by atoms with Gasteiger partial charge in [-0.3, -0.25) is 4.79 Å². The summed E-state index contributed by atoms with van der Waals surface area (Å²) in [5.41, 5.74) is 5.90. The Morgan fingerprint density at radius 2 is 1.76 bits per heavy atom. The van der Waals surface area contributed by atoms with Crippen molar-refractivity contribution in [2.75, 3.05) is 12.8 Å². The van der Waals surface area contributed by atoms with Crippen molar-refractivity contribution in [3.05, 3.63) is 65.0 Å². The van der Waals surface area contributed by atoms with E-state index >= 15 is 0 Å². The fraction of sp³-hybridized carbons (Fsp3) is 0.133. The van der Waals surface area contributed by atoms with E-state index in [0.717, 1.165) is 18.2 Å². The van der Waals surface area contributed by atoms with Crippen LogP contribution in [-0.4, -0.2) is 17.9 Å². The number of carbonyl (C=O) groups excluding carboxylic acids is 1. The molecule has 0 heterocycles. The van der Waals surface area contributed by atoms with E-state index in [1.165, 1.54) is 30.1 Å². The van der Waals surface area contributed by atoms with E-state index in [4.69, 9.17) is 5.73 Å². The summed E-state index contributed by atoms with van der Waals surface area (Å²) in [6.45, 7) is 0.0276. The third-order valence-electron chi connectivity index (χ3n) is 2.97. The Labute approximate surface area is 119 Å². The third-order valence-corrected chi connectivity index (χ3v) is 2.97. The van der Waals surface area contributed by atoms with Crippen LogP contribution in [0.1, 0.15) is 15.9 Å². The van der Waals surface area contributed by atoms with Crippen molar-refractivity contribution in [2.24, 2.45) is 0 Å². The number of anilines is 1. The molecule has 2 rings (SSSR count). The summed E-state index contributed by atoms with van der Waals surface area (Å²) in [4.78, 5) is 13.3. The van der Waals surface area contributed by atoms with Crippen molar-refractivity contribution in [1.82, 2.24) is 4.90 Å². The molecule has 0 aromatic heterocycles. The van der Waals surface area contributed by atoms with Gasteiger partial charge in [0.05, 0.1) is 5.56 Å². The Morgan fingerprint density at radius 1 is 1.05 bits per heavy atom. The average molecular weight is 294 g/mol. The van der Waals surface area contributed by atoms with Gasteiger partial charge in [0.15, 0.2) is 11.6 Å². The van der Waals surface area contributed by atoms with E-state index in [1.54, 1.807) is 0 Å². The summed E-state index contributed by atoms with van der Waals surface area (Å²) in [6.07, 6.45) is 0. The Kier molecular flexibility index (Phi) is 4.16. The lowest BCUT2D eigenvalue weighted by Crippen LogP contribution is -2.27. The molecular formula is C15H13F3N2O. The molecule has 0 radical (unpaired) electrons. The van der Waals surface area contributed by atoms with Crippen LogP contribution in [0.15, 0.2) is 36.4 Å². The standard InChI is InChI=1S/C15H13F3N2O/c1-20(8-9-2-5-12(16)14(18)6-9)15(21)11-4-3-10(19)7-13(11)17/h2-7H,8,19H2,1H3. The fourth-order valence-electron chi connectivity index (χ4n) is 1.89. The van der Waals surface area contributed by atoms with Gasteiger partial charge in [-0.15, -0.1) is 0 Å². The highest BCUT2D eigenvalue weighted by molar-refractivity contribution is 5.94. The minimum absolute atomic E-state index is 0.0276. The van der Waals surface area contributed by atoms with E-state index in [2.05, 4.69) is 0 Å². The van der Waals surface area contributed by atoms with Crippen molar-refractivity contribution in [1.29, 1.82) is 0 Å². The lowest BCUT2D eigenvalue weighted by Gasteiger charge is -2.18. The molecule has 0 aliphatic heterocycles. The SMILES string of the molecule is CN(Cc1ccc(F)c(F)c1)C(=O)c1ccc(N)cc1F. The second-order valence-corrected chi connectivity index (χ2v) is 4.65. The molecule has 0 spiro atoms. The first-order valence-corrected chi connectivity index (χ1v) is 6.13. The Bertz CT molecular complexity index is 689. The molecule has 0 atom stereocenters.